The third kappa shape index (κ3) is 2.49. The Labute approximate surface area is 88.0 Å². The molecule has 4 nitrogen and oxygen atoms in total. The van der Waals surface area contributed by atoms with E-state index in [2.05, 4.69) is 15.0 Å². The SMILES string of the molecule is Cc1ccc(Oc2nccc(C)n2)cn1. The second kappa shape index (κ2) is 4.04. The van der Waals surface area contributed by atoms with Crippen molar-refractivity contribution in [2.24, 2.45) is 0 Å². The molecule has 0 spiro atoms. The minimum absolute atomic E-state index is 0.348. The van der Waals surface area contributed by atoms with E-state index in [-0.39, 0.29) is 0 Å². The van der Waals surface area contributed by atoms with Gasteiger partial charge in [0.25, 0.3) is 0 Å². The molecule has 15 heavy (non-hydrogen) atoms. The molecule has 2 rings (SSSR count). The van der Waals surface area contributed by atoms with Crippen LogP contribution in [0.2, 0.25) is 0 Å². The summed E-state index contributed by atoms with van der Waals surface area (Å²) in [6.45, 7) is 3.81. The number of aryl methyl sites for hydroxylation is 2. The average molecular weight is 201 g/mol. The molecule has 4 heteroatoms. The van der Waals surface area contributed by atoms with Crippen LogP contribution in [-0.4, -0.2) is 15.0 Å². The fraction of sp³-hybridized carbons (Fsp3) is 0.182. The first-order chi connectivity index (χ1) is 7.24. The van der Waals surface area contributed by atoms with E-state index >= 15 is 0 Å². The highest BCUT2D eigenvalue weighted by Crippen LogP contribution is 2.15. The van der Waals surface area contributed by atoms with Crippen LogP contribution < -0.4 is 4.74 Å². The molecule has 0 N–H and O–H groups in total. The molecule has 0 aliphatic carbocycles. The standard InChI is InChI=1S/C11H11N3O/c1-8-3-4-10(7-13-8)15-11-12-6-5-9(2)14-11/h3-7H,1-2H3. The summed E-state index contributed by atoms with van der Waals surface area (Å²) in [5.74, 6) is 0.645. The van der Waals surface area contributed by atoms with Gasteiger partial charge in [-0.2, -0.15) is 0 Å². The van der Waals surface area contributed by atoms with E-state index in [9.17, 15) is 0 Å². The van der Waals surface area contributed by atoms with Crippen LogP contribution in [0.1, 0.15) is 11.4 Å². The van der Waals surface area contributed by atoms with Crippen LogP contribution >= 0.6 is 0 Å². The molecule has 0 saturated heterocycles. The van der Waals surface area contributed by atoms with Gasteiger partial charge in [-0.3, -0.25) is 4.98 Å². The van der Waals surface area contributed by atoms with E-state index < -0.39 is 0 Å². The lowest BCUT2D eigenvalue weighted by Crippen LogP contribution is -1.93. The molecule has 2 aromatic rings. The highest BCUT2D eigenvalue weighted by Gasteiger charge is 1.99. The van der Waals surface area contributed by atoms with Gasteiger partial charge in [0.05, 0.1) is 6.20 Å². The summed E-state index contributed by atoms with van der Waals surface area (Å²) >= 11 is 0. The lowest BCUT2D eigenvalue weighted by atomic mass is 10.4. The van der Waals surface area contributed by atoms with Crippen molar-refractivity contribution in [3.8, 4) is 11.8 Å². The van der Waals surface area contributed by atoms with E-state index in [1.54, 1.807) is 12.4 Å². The van der Waals surface area contributed by atoms with E-state index in [0.29, 0.717) is 11.8 Å². The summed E-state index contributed by atoms with van der Waals surface area (Å²) in [6.07, 6.45) is 3.32. The molecular formula is C11H11N3O. The van der Waals surface area contributed by atoms with Gasteiger partial charge in [-0.15, -0.1) is 0 Å². The summed E-state index contributed by atoms with van der Waals surface area (Å²) < 4.78 is 5.43. The zero-order valence-electron chi connectivity index (χ0n) is 8.64. The van der Waals surface area contributed by atoms with Gasteiger partial charge in [0, 0.05) is 17.6 Å². The summed E-state index contributed by atoms with van der Waals surface area (Å²) in [4.78, 5) is 12.2. The normalized spacial score (nSPS) is 10.0. The first-order valence-electron chi connectivity index (χ1n) is 4.64. The molecule has 0 amide bonds. The molecule has 76 valence electrons. The maximum Gasteiger partial charge on any atom is 0.322 e. The zero-order valence-corrected chi connectivity index (χ0v) is 8.64. The molecule has 0 radical (unpaired) electrons. The fourth-order valence-corrected chi connectivity index (χ4v) is 1.10. The van der Waals surface area contributed by atoms with Gasteiger partial charge in [0.2, 0.25) is 0 Å². The third-order valence-electron chi connectivity index (χ3n) is 1.87. The van der Waals surface area contributed by atoms with E-state index in [0.717, 1.165) is 11.4 Å². The Morgan fingerprint density at radius 1 is 1.00 bits per heavy atom. The number of nitrogens with zero attached hydrogens (tertiary/aromatic N) is 3. The van der Waals surface area contributed by atoms with Gasteiger partial charge in [0.1, 0.15) is 5.75 Å². The van der Waals surface area contributed by atoms with Crippen molar-refractivity contribution in [3.63, 3.8) is 0 Å². The van der Waals surface area contributed by atoms with Crippen LogP contribution in [0.3, 0.4) is 0 Å². The third-order valence-corrected chi connectivity index (χ3v) is 1.87. The van der Waals surface area contributed by atoms with Crippen molar-refractivity contribution >= 4 is 0 Å². The Bertz CT molecular complexity index is 454. The van der Waals surface area contributed by atoms with Crippen LogP contribution in [0.25, 0.3) is 0 Å². The molecule has 0 saturated carbocycles. The lowest BCUT2D eigenvalue weighted by Gasteiger charge is -2.03. The van der Waals surface area contributed by atoms with Crippen molar-refractivity contribution in [3.05, 3.63) is 42.0 Å². The predicted molar refractivity (Wildman–Crippen MR) is 55.8 cm³/mol. The quantitative estimate of drug-likeness (QED) is 0.747. The molecule has 2 heterocycles. The van der Waals surface area contributed by atoms with Crippen LogP contribution in [-0.2, 0) is 0 Å². The highest BCUT2D eigenvalue weighted by molar-refractivity contribution is 5.22. The average Bonchev–Trinajstić information content (AvgIpc) is 2.22. The Morgan fingerprint density at radius 2 is 1.87 bits per heavy atom. The molecule has 0 aromatic carbocycles. The van der Waals surface area contributed by atoms with Gasteiger partial charge in [-0.25, -0.2) is 9.97 Å². The summed E-state index contributed by atoms with van der Waals surface area (Å²) in [5.41, 5.74) is 1.83. The van der Waals surface area contributed by atoms with Crippen molar-refractivity contribution in [1.82, 2.24) is 15.0 Å². The van der Waals surface area contributed by atoms with E-state index in [1.807, 2.05) is 32.0 Å². The topological polar surface area (TPSA) is 47.9 Å². The molecule has 0 aliphatic rings. The number of pyridine rings is 1. The van der Waals surface area contributed by atoms with Crippen LogP contribution in [0.4, 0.5) is 0 Å². The lowest BCUT2D eigenvalue weighted by molar-refractivity contribution is 0.438. The first-order valence-corrected chi connectivity index (χ1v) is 4.64. The fourth-order valence-electron chi connectivity index (χ4n) is 1.10. The van der Waals surface area contributed by atoms with Crippen molar-refractivity contribution in [1.29, 1.82) is 0 Å². The maximum atomic E-state index is 5.43. The van der Waals surface area contributed by atoms with E-state index in [4.69, 9.17) is 4.74 Å². The number of hydrogen-bond acceptors (Lipinski definition) is 4. The smallest absolute Gasteiger partial charge is 0.322 e. The van der Waals surface area contributed by atoms with Crippen LogP contribution in [0, 0.1) is 13.8 Å². The number of rotatable bonds is 2. The van der Waals surface area contributed by atoms with Crippen molar-refractivity contribution in [2.75, 3.05) is 0 Å². The van der Waals surface area contributed by atoms with Gasteiger partial charge in [0.15, 0.2) is 0 Å². The Kier molecular flexibility index (Phi) is 2.58. The number of aromatic nitrogens is 3. The molecule has 0 aliphatic heterocycles. The second-order valence-corrected chi connectivity index (χ2v) is 3.22. The van der Waals surface area contributed by atoms with Gasteiger partial charge < -0.3 is 4.74 Å². The second-order valence-electron chi connectivity index (χ2n) is 3.22. The molecule has 2 aromatic heterocycles. The van der Waals surface area contributed by atoms with E-state index in [1.165, 1.54) is 0 Å². The van der Waals surface area contributed by atoms with Crippen molar-refractivity contribution < 1.29 is 4.74 Å². The van der Waals surface area contributed by atoms with Gasteiger partial charge >= 0.3 is 6.01 Å². The summed E-state index contributed by atoms with van der Waals surface area (Å²) in [7, 11) is 0. The molecule has 0 atom stereocenters. The predicted octanol–water partition coefficient (Wildman–Crippen LogP) is 2.28. The molecule has 0 unspecified atom stereocenters. The first kappa shape index (κ1) is 9.58. The largest absolute Gasteiger partial charge is 0.423 e. The highest BCUT2D eigenvalue weighted by atomic mass is 16.5. The van der Waals surface area contributed by atoms with Crippen molar-refractivity contribution in [2.45, 2.75) is 13.8 Å². The monoisotopic (exact) mass is 201 g/mol. The molecular weight excluding hydrogens is 190 g/mol. The minimum Gasteiger partial charge on any atom is -0.423 e. The Balaban J connectivity index is 2.18. The Morgan fingerprint density at radius 3 is 2.53 bits per heavy atom. The zero-order chi connectivity index (χ0) is 10.7. The van der Waals surface area contributed by atoms with Crippen LogP contribution in [0.5, 0.6) is 11.8 Å². The number of ether oxygens (including phenoxy) is 1. The molecule has 0 fully saturated rings. The summed E-state index contributed by atoms with van der Waals surface area (Å²) in [5, 5.41) is 0. The summed E-state index contributed by atoms with van der Waals surface area (Å²) in [6, 6.07) is 5.89. The maximum absolute atomic E-state index is 5.43. The van der Waals surface area contributed by atoms with Crippen LogP contribution in [0.15, 0.2) is 30.6 Å². The molecule has 0 bridgehead atoms. The number of hydrogen-bond donors (Lipinski definition) is 0. The minimum atomic E-state index is 0.348. The van der Waals surface area contributed by atoms with Gasteiger partial charge in [-0.1, -0.05) is 0 Å². The Hall–Kier alpha value is -1.97. The van der Waals surface area contributed by atoms with Gasteiger partial charge in [-0.05, 0) is 32.0 Å².